The largest absolute Gasteiger partial charge is 0.306 e. The molecule has 4 heterocycles. The molecule has 4 bridgehead atoms. The molecule has 4 aliphatic heterocycles. The van der Waals surface area contributed by atoms with Gasteiger partial charge < -0.3 is 4.48 Å². The van der Waals surface area contributed by atoms with Gasteiger partial charge in [0, 0.05) is 29.5 Å². The predicted molar refractivity (Wildman–Crippen MR) is 77.4 cm³/mol. The normalized spacial score (nSPS) is 47.6. The van der Waals surface area contributed by atoms with Gasteiger partial charge in [-0.3, -0.25) is 4.90 Å². The van der Waals surface area contributed by atoms with Gasteiger partial charge in [-0.05, 0) is 6.42 Å². The van der Waals surface area contributed by atoms with Crippen molar-refractivity contribution in [1.82, 2.24) is 4.90 Å². The van der Waals surface area contributed by atoms with Crippen molar-refractivity contribution in [1.29, 1.82) is 0 Å². The molecule has 19 heavy (non-hydrogen) atoms. The van der Waals surface area contributed by atoms with E-state index in [0.717, 1.165) is 0 Å². The molecule has 1 aromatic rings. The van der Waals surface area contributed by atoms with Gasteiger partial charge in [-0.1, -0.05) is 44.2 Å². The lowest BCUT2D eigenvalue weighted by molar-refractivity contribution is -0.981. The van der Waals surface area contributed by atoms with Crippen molar-refractivity contribution in [3.8, 4) is 0 Å². The first-order valence-electron chi connectivity index (χ1n) is 7.60. The van der Waals surface area contributed by atoms with Crippen LogP contribution in [0.25, 0.3) is 0 Å². The molecular weight excluding hydrogens is 232 g/mol. The van der Waals surface area contributed by atoms with Crippen LogP contribution in [0.1, 0.15) is 25.8 Å². The lowest BCUT2D eigenvalue weighted by Gasteiger charge is -2.66. The van der Waals surface area contributed by atoms with Crippen LogP contribution < -0.4 is 0 Å². The van der Waals surface area contributed by atoms with E-state index in [9.17, 15) is 0 Å². The molecule has 0 aliphatic carbocycles. The fraction of sp³-hybridized carbons (Fsp3) is 0.647. The van der Waals surface area contributed by atoms with Crippen molar-refractivity contribution in [3.05, 3.63) is 35.9 Å². The molecule has 4 fully saturated rings. The van der Waals surface area contributed by atoms with E-state index >= 15 is 0 Å². The Morgan fingerprint density at radius 2 is 1.68 bits per heavy atom. The summed E-state index contributed by atoms with van der Waals surface area (Å²) >= 11 is 0. The smallest absolute Gasteiger partial charge is 0.135 e. The first kappa shape index (κ1) is 11.9. The fourth-order valence-electron chi connectivity index (χ4n) is 5.92. The third-order valence-corrected chi connectivity index (χ3v) is 5.36. The molecule has 4 atom stereocenters. The Labute approximate surface area is 116 Å². The number of hydrogen-bond acceptors (Lipinski definition) is 1. The highest BCUT2D eigenvalue weighted by molar-refractivity contribution is 5.14. The molecule has 0 N–H and O–H groups in total. The lowest BCUT2D eigenvalue weighted by Crippen LogP contribution is -2.77. The second kappa shape index (κ2) is 3.62. The summed E-state index contributed by atoms with van der Waals surface area (Å²) in [5, 5.41) is 0. The van der Waals surface area contributed by atoms with E-state index in [0.29, 0.717) is 10.8 Å². The molecular formula is C17H25N2+. The van der Waals surface area contributed by atoms with E-state index in [2.05, 4.69) is 49.1 Å². The Morgan fingerprint density at radius 3 is 2.26 bits per heavy atom. The van der Waals surface area contributed by atoms with E-state index in [-0.39, 0.29) is 0 Å². The lowest BCUT2D eigenvalue weighted by atomic mass is 9.63. The number of benzene rings is 1. The number of rotatable bonds is 2. The maximum atomic E-state index is 2.74. The molecule has 102 valence electrons. The summed E-state index contributed by atoms with van der Waals surface area (Å²) in [4.78, 5) is 2.74. The molecule has 0 radical (unpaired) electrons. The van der Waals surface area contributed by atoms with Gasteiger partial charge in [-0.15, -0.1) is 0 Å². The summed E-state index contributed by atoms with van der Waals surface area (Å²) < 4.78 is 1.30. The Hall–Kier alpha value is -0.860. The Balaban J connectivity index is 1.67. The number of hydrogen-bond donors (Lipinski definition) is 0. The van der Waals surface area contributed by atoms with Crippen LogP contribution in [-0.2, 0) is 6.54 Å². The van der Waals surface area contributed by atoms with Crippen molar-refractivity contribution < 1.29 is 4.48 Å². The van der Waals surface area contributed by atoms with Crippen LogP contribution in [0.2, 0.25) is 0 Å². The molecule has 4 aliphatic rings. The zero-order valence-electron chi connectivity index (χ0n) is 12.2. The molecule has 5 rings (SSSR count). The van der Waals surface area contributed by atoms with Crippen LogP contribution in [0.5, 0.6) is 0 Å². The van der Waals surface area contributed by atoms with E-state index < -0.39 is 0 Å². The first-order chi connectivity index (χ1) is 8.99. The Morgan fingerprint density at radius 1 is 1.05 bits per heavy atom. The maximum Gasteiger partial charge on any atom is 0.135 e. The summed E-state index contributed by atoms with van der Waals surface area (Å²) in [6.07, 6.45) is 1.44. The van der Waals surface area contributed by atoms with Gasteiger partial charge in [0.15, 0.2) is 0 Å². The molecule has 0 aromatic heterocycles. The van der Waals surface area contributed by atoms with Gasteiger partial charge >= 0.3 is 0 Å². The van der Waals surface area contributed by atoms with Gasteiger partial charge in [0.05, 0.1) is 13.1 Å². The van der Waals surface area contributed by atoms with Crippen molar-refractivity contribution >= 4 is 0 Å². The maximum absolute atomic E-state index is 2.74. The predicted octanol–water partition coefficient (Wildman–Crippen LogP) is 2.71. The number of quaternary nitrogens is 1. The van der Waals surface area contributed by atoms with Gasteiger partial charge in [0.1, 0.15) is 13.2 Å². The summed E-state index contributed by atoms with van der Waals surface area (Å²) in [6.45, 7) is 13.0. The zero-order valence-corrected chi connectivity index (χ0v) is 12.2. The molecule has 2 nitrogen and oxygen atoms in total. The monoisotopic (exact) mass is 257 g/mol. The molecule has 2 heteroatoms. The summed E-state index contributed by atoms with van der Waals surface area (Å²) in [6, 6.07) is 11.1. The minimum Gasteiger partial charge on any atom is -0.306 e. The van der Waals surface area contributed by atoms with Gasteiger partial charge in [-0.2, -0.15) is 0 Å². The summed E-state index contributed by atoms with van der Waals surface area (Å²) in [5.74, 6) is 0. The van der Waals surface area contributed by atoms with Crippen LogP contribution in [-0.4, -0.2) is 42.2 Å². The summed E-state index contributed by atoms with van der Waals surface area (Å²) in [7, 11) is 0. The average molecular weight is 257 g/mol. The van der Waals surface area contributed by atoms with E-state index in [1.165, 1.54) is 55.9 Å². The second-order valence-corrected chi connectivity index (χ2v) is 8.23. The highest BCUT2D eigenvalue weighted by Gasteiger charge is 2.60. The van der Waals surface area contributed by atoms with Crippen LogP contribution in [0.15, 0.2) is 30.3 Å². The second-order valence-electron chi connectivity index (χ2n) is 8.23. The third kappa shape index (κ3) is 1.93. The number of nitrogens with zero attached hydrogens (tertiary/aromatic N) is 2. The molecule has 4 saturated heterocycles. The van der Waals surface area contributed by atoms with Gasteiger partial charge in [0.25, 0.3) is 0 Å². The van der Waals surface area contributed by atoms with Crippen LogP contribution in [0, 0.1) is 10.8 Å². The molecule has 0 saturated carbocycles. The van der Waals surface area contributed by atoms with Crippen molar-refractivity contribution in [2.75, 3.05) is 32.8 Å². The highest BCUT2D eigenvalue weighted by Crippen LogP contribution is 2.52. The van der Waals surface area contributed by atoms with Crippen molar-refractivity contribution in [2.24, 2.45) is 10.8 Å². The molecule has 0 spiro atoms. The fourth-order valence-corrected chi connectivity index (χ4v) is 5.92. The Kier molecular flexibility index (Phi) is 2.27. The van der Waals surface area contributed by atoms with Crippen molar-refractivity contribution in [2.45, 2.75) is 26.8 Å². The minimum atomic E-state index is 0.554. The molecule has 1 aromatic carbocycles. The van der Waals surface area contributed by atoms with Gasteiger partial charge in [0.2, 0.25) is 0 Å². The number of piperidine rings is 2. The van der Waals surface area contributed by atoms with E-state index in [1.807, 2.05) is 0 Å². The van der Waals surface area contributed by atoms with E-state index in [4.69, 9.17) is 0 Å². The van der Waals surface area contributed by atoms with Crippen molar-refractivity contribution in [3.63, 3.8) is 0 Å². The highest BCUT2D eigenvalue weighted by atomic mass is 15.5. The quantitative estimate of drug-likeness (QED) is 0.736. The first-order valence-corrected chi connectivity index (χ1v) is 7.60. The summed E-state index contributed by atoms with van der Waals surface area (Å²) in [5.41, 5.74) is 2.62. The minimum absolute atomic E-state index is 0.554. The molecule has 0 amide bonds. The van der Waals surface area contributed by atoms with Crippen LogP contribution in [0.4, 0.5) is 0 Å². The SMILES string of the molecule is C[C@]12CN3C[C@](C)(C1)C[N+](Cc1ccccc1)(C3)C2. The average Bonchev–Trinajstić information content (AvgIpc) is 2.24. The van der Waals surface area contributed by atoms with Gasteiger partial charge in [-0.25, -0.2) is 0 Å². The zero-order chi connectivity index (χ0) is 13.1. The molecule has 2 unspecified atom stereocenters. The Bertz CT molecular complexity index is 477. The van der Waals surface area contributed by atoms with Crippen LogP contribution in [0.3, 0.4) is 0 Å². The van der Waals surface area contributed by atoms with Crippen LogP contribution >= 0.6 is 0 Å². The topological polar surface area (TPSA) is 3.24 Å². The third-order valence-electron chi connectivity index (χ3n) is 5.36. The van der Waals surface area contributed by atoms with E-state index in [1.54, 1.807) is 0 Å². The standard InChI is InChI=1S/C17H25N2/c1-16-9-17(2)11-18(10-16)14-19(12-16,13-17)8-15-6-4-3-5-7-15/h3-7H,8-14H2,1-2H3/q+1/t16-,17+,19?.